The first-order valence-corrected chi connectivity index (χ1v) is 16.0. The fourth-order valence-corrected chi connectivity index (χ4v) is 4.73. The molecule has 0 aliphatic heterocycles. The third-order valence-corrected chi connectivity index (χ3v) is 6.63. The number of hydrogen-bond donors (Lipinski definition) is 0. The fourth-order valence-electron chi connectivity index (χ4n) is 4.73. The molecule has 0 unspecified atom stereocenters. The molecule has 0 radical (unpaired) electrons. The average molecular weight is 610 g/mol. The number of halogens is 2. The van der Waals surface area contributed by atoms with Crippen LogP contribution in [0, 0.1) is 20.8 Å². The first-order chi connectivity index (χ1) is 19.5. The molecular weight excluding hydrogens is 582 g/mol. The maximum atomic E-state index is 5.07. The molecule has 9 heteroatoms. The first kappa shape index (κ1) is 27.9. The number of hydrogen-bond acceptors (Lipinski definition) is 3. The zero-order valence-electron chi connectivity index (χ0n) is 22.3. The minimum absolute atomic E-state index is 0.00694. The van der Waals surface area contributed by atoms with Gasteiger partial charge in [0.2, 0.25) is 6.29 Å². The Morgan fingerprint density at radius 1 is 0.500 bits per heavy atom. The second-order valence-corrected chi connectivity index (χ2v) is 11.3. The third-order valence-electron chi connectivity index (χ3n) is 6.63. The molecule has 0 saturated carbocycles. The van der Waals surface area contributed by atoms with Crippen molar-refractivity contribution in [1.29, 1.82) is 0 Å². The molecule has 3 aromatic carbocycles. The normalized spacial score (nSPS) is 10.9. The molecule has 0 amide bonds. The van der Waals surface area contributed by atoms with Crippen LogP contribution in [-0.2, 0) is 13.1 Å². The summed E-state index contributed by atoms with van der Waals surface area (Å²) in [6.45, 7) is 6.25. The van der Waals surface area contributed by atoms with Crippen molar-refractivity contribution in [3.8, 4) is 33.8 Å². The Balaban J connectivity index is 0.00000103. The Bertz CT molecular complexity index is 1480. The van der Waals surface area contributed by atoms with E-state index in [0.717, 1.165) is 50.9 Å². The molecule has 0 bridgehead atoms. The summed E-state index contributed by atoms with van der Waals surface area (Å²) in [5, 5.41) is 15.2. The standard InChI is InChI=1S/C31H28N6.2ClH.Mn/c1-22-19-28(25-13-7-4-8-14-25)32-35(22)31(36-23(2)20-29(33-36)26-15-9-5-10-16-26)37-24(3)21-30(34-37)27-17-11-6-12-18-27;;;/h4-21,31H,1-3H3;2*1H;/q;;;+2/p-2. The topological polar surface area (TPSA) is 53.5 Å². The molecule has 0 spiro atoms. The number of nitrogens with zero attached hydrogens (tertiary/aromatic N) is 6. The van der Waals surface area contributed by atoms with Crippen molar-refractivity contribution in [3.63, 3.8) is 0 Å². The predicted octanol–water partition coefficient (Wildman–Crippen LogP) is 8.13. The van der Waals surface area contributed by atoms with Crippen LogP contribution in [-0.4, -0.2) is 29.3 Å². The summed E-state index contributed by atoms with van der Waals surface area (Å²) in [5.41, 5.74) is 9.06. The van der Waals surface area contributed by atoms with Gasteiger partial charge in [-0.1, -0.05) is 91.0 Å². The Kier molecular flexibility index (Phi) is 8.88. The van der Waals surface area contributed by atoms with E-state index in [4.69, 9.17) is 35.5 Å². The Morgan fingerprint density at radius 2 is 0.750 bits per heavy atom. The van der Waals surface area contributed by atoms with Crippen molar-refractivity contribution in [2.24, 2.45) is 0 Å². The predicted molar refractivity (Wildman–Crippen MR) is 159 cm³/mol. The van der Waals surface area contributed by atoms with Gasteiger partial charge in [0.1, 0.15) is 0 Å². The van der Waals surface area contributed by atoms with Crippen LogP contribution in [0.15, 0.2) is 109 Å². The Morgan fingerprint density at radius 3 is 1.00 bits per heavy atom. The fraction of sp³-hybridized carbons (Fsp3) is 0.129. The van der Waals surface area contributed by atoms with Crippen LogP contribution in [0.1, 0.15) is 23.4 Å². The molecule has 3 heterocycles. The molecule has 0 saturated heterocycles. The van der Waals surface area contributed by atoms with Gasteiger partial charge in [0.15, 0.2) is 0 Å². The summed E-state index contributed by atoms with van der Waals surface area (Å²) in [4.78, 5) is 0. The SMILES string of the molecule is Cc1cc(-c2ccccc2)nn1C(n1nc(-c2ccccc2)cc1C)n1nc(-c2ccccc2)cc1C.[Cl][Mn][Cl]. The third kappa shape index (κ3) is 5.93. The van der Waals surface area contributed by atoms with Crippen LogP contribution in [0.3, 0.4) is 0 Å². The summed E-state index contributed by atoms with van der Waals surface area (Å²) in [5.74, 6) is 0. The van der Waals surface area contributed by atoms with E-state index in [1.807, 2.05) is 68.6 Å². The van der Waals surface area contributed by atoms with Crippen LogP contribution in [0.5, 0.6) is 0 Å². The first-order valence-electron chi connectivity index (χ1n) is 12.7. The summed E-state index contributed by atoms with van der Waals surface area (Å²) in [6.07, 6.45) is -0.410. The van der Waals surface area contributed by atoms with Gasteiger partial charge in [-0.25, -0.2) is 14.0 Å². The van der Waals surface area contributed by atoms with Gasteiger partial charge in [-0.3, -0.25) is 0 Å². The van der Waals surface area contributed by atoms with Gasteiger partial charge in [-0.2, -0.15) is 15.3 Å². The molecule has 0 aliphatic rings. The minimum atomic E-state index is -0.410. The molecular formula is C31H28Cl2MnN6. The van der Waals surface area contributed by atoms with Crippen molar-refractivity contribution < 1.29 is 13.1 Å². The van der Waals surface area contributed by atoms with E-state index in [9.17, 15) is 0 Å². The molecule has 40 heavy (non-hydrogen) atoms. The molecule has 6 rings (SSSR count). The van der Waals surface area contributed by atoms with E-state index < -0.39 is 6.29 Å². The van der Waals surface area contributed by atoms with Crippen molar-refractivity contribution >= 4 is 20.2 Å². The van der Waals surface area contributed by atoms with Gasteiger partial charge >= 0.3 is 33.3 Å². The van der Waals surface area contributed by atoms with E-state index in [1.165, 1.54) is 0 Å². The maximum absolute atomic E-state index is 5.07. The second-order valence-electron chi connectivity index (χ2n) is 9.35. The van der Waals surface area contributed by atoms with Crippen LogP contribution in [0.2, 0.25) is 0 Å². The number of aromatic nitrogens is 6. The van der Waals surface area contributed by atoms with Crippen molar-refractivity contribution in [1.82, 2.24) is 29.3 Å². The number of benzene rings is 3. The molecule has 0 fully saturated rings. The van der Waals surface area contributed by atoms with E-state index in [-0.39, 0.29) is 13.1 Å². The van der Waals surface area contributed by atoms with Gasteiger partial charge < -0.3 is 0 Å². The molecule has 3 aromatic heterocycles. The van der Waals surface area contributed by atoms with Gasteiger partial charge in [-0.15, -0.1) is 0 Å². The molecule has 0 aliphatic carbocycles. The van der Waals surface area contributed by atoms with Crippen molar-refractivity contribution in [2.45, 2.75) is 27.1 Å². The molecule has 0 N–H and O–H groups in total. The van der Waals surface area contributed by atoms with Crippen molar-refractivity contribution in [3.05, 3.63) is 126 Å². The van der Waals surface area contributed by atoms with Gasteiger partial charge in [0, 0.05) is 33.8 Å². The Labute approximate surface area is 248 Å². The van der Waals surface area contributed by atoms with Crippen LogP contribution < -0.4 is 0 Å². The Hall–Kier alpha value is -3.61. The van der Waals surface area contributed by atoms with Crippen molar-refractivity contribution in [2.75, 3.05) is 0 Å². The molecule has 6 aromatic rings. The second kappa shape index (κ2) is 12.7. The quantitative estimate of drug-likeness (QED) is 0.179. The van der Waals surface area contributed by atoms with Gasteiger partial charge in [-0.05, 0) is 39.0 Å². The van der Waals surface area contributed by atoms with Crippen LogP contribution in [0.4, 0.5) is 0 Å². The summed E-state index contributed by atoms with van der Waals surface area (Å²) in [6, 6.07) is 37.1. The monoisotopic (exact) mass is 609 g/mol. The average Bonchev–Trinajstić information content (AvgIpc) is 3.68. The van der Waals surface area contributed by atoms with E-state index >= 15 is 0 Å². The van der Waals surface area contributed by atoms with Gasteiger partial charge in [0.25, 0.3) is 0 Å². The summed E-state index contributed by atoms with van der Waals surface area (Å²) >= 11 is 0.00694. The molecule has 6 nitrogen and oxygen atoms in total. The zero-order chi connectivity index (χ0) is 28.1. The van der Waals surface area contributed by atoms with Gasteiger partial charge in [0.05, 0.1) is 17.1 Å². The summed E-state index contributed by atoms with van der Waals surface area (Å²) in [7, 11) is 9.59. The zero-order valence-corrected chi connectivity index (χ0v) is 25.0. The summed E-state index contributed by atoms with van der Waals surface area (Å²) < 4.78 is 6.06. The number of rotatable bonds is 6. The van der Waals surface area contributed by atoms with Crippen LogP contribution in [0.25, 0.3) is 33.8 Å². The molecule has 0 atom stereocenters. The number of aryl methyl sites for hydroxylation is 3. The van der Waals surface area contributed by atoms with Crippen LogP contribution >= 0.6 is 20.2 Å². The van der Waals surface area contributed by atoms with E-state index in [0.29, 0.717) is 0 Å². The molecule has 203 valence electrons. The van der Waals surface area contributed by atoms with E-state index in [1.54, 1.807) is 0 Å². The van der Waals surface area contributed by atoms with E-state index in [2.05, 4.69) is 75.4 Å².